The molecule has 1 N–H and O–H groups in total. The lowest BCUT2D eigenvalue weighted by Crippen LogP contribution is -2.49. The Hall–Kier alpha value is -2.95. The van der Waals surface area contributed by atoms with Crippen LogP contribution >= 0.6 is 0 Å². The molecule has 1 aliphatic heterocycles. The van der Waals surface area contributed by atoms with Crippen LogP contribution in [0.1, 0.15) is 13.3 Å². The molecule has 182 valence electrons. The molecule has 0 atom stereocenters. The minimum atomic E-state index is -0.725. The van der Waals surface area contributed by atoms with Gasteiger partial charge in [-0.3, -0.25) is 14.7 Å². The first kappa shape index (κ1) is 24.2. The maximum atomic E-state index is 14.4. The molecule has 2 aromatic heterocycles. The summed E-state index contributed by atoms with van der Waals surface area (Å²) in [7, 11) is 0. The highest BCUT2D eigenvalue weighted by molar-refractivity contribution is 5.80. The first-order chi connectivity index (χ1) is 16.5. The predicted octanol–water partition coefficient (Wildman–Crippen LogP) is 2.28. The number of halogens is 2. The van der Waals surface area contributed by atoms with Crippen molar-refractivity contribution in [3.63, 3.8) is 0 Å². The van der Waals surface area contributed by atoms with E-state index >= 15 is 0 Å². The van der Waals surface area contributed by atoms with Gasteiger partial charge in [0.15, 0.2) is 5.82 Å². The van der Waals surface area contributed by atoms with Crippen molar-refractivity contribution in [1.29, 1.82) is 0 Å². The number of aliphatic hydroxyl groups is 1. The third-order valence-electron chi connectivity index (χ3n) is 5.92. The van der Waals surface area contributed by atoms with Crippen LogP contribution < -0.4 is 10.5 Å². The van der Waals surface area contributed by atoms with Crippen molar-refractivity contribution in [3.8, 4) is 11.3 Å². The second-order valence-corrected chi connectivity index (χ2v) is 8.24. The van der Waals surface area contributed by atoms with Crippen LogP contribution in [0.2, 0.25) is 0 Å². The molecule has 1 fully saturated rings. The van der Waals surface area contributed by atoms with Gasteiger partial charge < -0.3 is 19.3 Å². The maximum absolute atomic E-state index is 14.4. The molecule has 0 radical (unpaired) electrons. The van der Waals surface area contributed by atoms with E-state index in [4.69, 9.17) is 4.74 Å². The maximum Gasteiger partial charge on any atom is 0.294 e. The highest BCUT2D eigenvalue weighted by Gasteiger charge is 2.22. The van der Waals surface area contributed by atoms with Crippen molar-refractivity contribution < 1.29 is 18.6 Å². The zero-order valence-electron chi connectivity index (χ0n) is 19.2. The number of β-amino-alcohol motifs (C(OH)–C–C–N with tert-alkyl or cyclic N) is 1. The summed E-state index contributed by atoms with van der Waals surface area (Å²) in [6.45, 7) is 6.64. The van der Waals surface area contributed by atoms with Crippen LogP contribution in [0, 0.1) is 11.6 Å². The summed E-state index contributed by atoms with van der Waals surface area (Å²) >= 11 is 0. The van der Waals surface area contributed by atoms with Gasteiger partial charge in [-0.15, -0.1) is 0 Å². The lowest BCUT2D eigenvalue weighted by atomic mass is 10.1. The number of ether oxygens (including phenoxy) is 1. The van der Waals surface area contributed by atoms with Gasteiger partial charge in [-0.1, -0.05) is 6.92 Å². The number of aliphatic hydroxyl groups excluding tert-OH is 1. The highest BCUT2D eigenvalue weighted by Crippen LogP contribution is 2.25. The molecule has 0 amide bonds. The summed E-state index contributed by atoms with van der Waals surface area (Å²) < 4.78 is 35.0. The van der Waals surface area contributed by atoms with Gasteiger partial charge in [-0.2, -0.15) is 0 Å². The molecule has 0 unspecified atom stereocenters. The first-order valence-corrected chi connectivity index (χ1v) is 11.5. The molecule has 1 aliphatic rings. The Labute approximate surface area is 196 Å². The van der Waals surface area contributed by atoms with Gasteiger partial charge >= 0.3 is 0 Å². The van der Waals surface area contributed by atoms with Crippen molar-refractivity contribution in [3.05, 3.63) is 52.5 Å². The summed E-state index contributed by atoms with van der Waals surface area (Å²) in [5.74, 6) is -1.05. The first-order valence-electron chi connectivity index (χ1n) is 11.5. The highest BCUT2D eigenvalue weighted by atomic mass is 19.1. The Morgan fingerprint density at radius 2 is 1.88 bits per heavy atom. The standard InChI is InChI=1S/C24H29F2N5O3/c1-2-12-34-13-10-31-22-15-20(18-4-3-17(25)14-19(18)26)27-16-21(22)28-23(24(31)33)30-7-5-29(6-8-30)9-11-32/h3-4,14-16,32H,2,5-13H2,1H3. The van der Waals surface area contributed by atoms with E-state index in [1.54, 1.807) is 10.6 Å². The Morgan fingerprint density at radius 1 is 1.09 bits per heavy atom. The quantitative estimate of drug-likeness (QED) is 0.478. The molecule has 8 nitrogen and oxygen atoms in total. The number of rotatable bonds is 9. The van der Waals surface area contributed by atoms with Crippen LogP contribution in [0.3, 0.4) is 0 Å². The van der Waals surface area contributed by atoms with Gasteiger partial charge in [0.05, 0.1) is 30.6 Å². The molecule has 3 heterocycles. The number of aromatic nitrogens is 3. The largest absolute Gasteiger partial charge is 0.395 e. The number of anilines is 1. The van der Waals surface area contributed by atoms with Gasteiger partial charge in [-0.25, -0.2) is 13.8 Å². The molecule has 1 aromatic carbocycles. The van der Waals surface area contributed by atoms with Crippen LogP contribution in [0.15, 0.2) is 35.3 Å². The Bertz CT molecular complexity index is 1200. The van der Waals surface area contributed by atoms with Crippen molar-refractivity contribution >= 4 is 16.9 Å². The number of hydrogen-bond acceptors (Lipinski definition) is 7. The smallest absolute Gasteiger partial charge is 0.294 e. The molecule has 0 bridgehead atoms. The van der Waals surface area contributed by atoms with E-state index in [0.717, 1.165) is 25.6 Å². The molecule has 34 heavy (non-hydrogen) atoms. The lowest BCUT2D eigenvalue weighted by molar-refractivity contribution is 0.127. The average molecular weight is 474 g/mol. The van der Waals surface area contributed by atoms with E-state index < -0.39 is 11.6 Å². The topological polar surface area (TPSA) is 83.7 Å². The minimum absolute atomic E-state index is 0.0987. The van der Waals surface area contributed by atoms with E-state index in [0.29, 0.717) is 61.9 Å². The molecular weight excluding hydrogens is 444 g/mol. The summed E-state index contributed by atoms with van der Waals surface area (Å²) in [6, 6.07) is 4.93. The summed E-state index contributed by atoms with van der Waals surface area (Å²) in [6.07, 6.45) is 2.38. The fourth-order valence-electron chi connectivity index (χ4n) is 4.13. The molecule has 0 saturated carbocycles. The molecular formula is C24H29F2N5O3. The van der Waals surface area contributed by atoms with E-state index in [-0.39, 0.29) is 17.7 Å². The van der Waals surface area contributed by atoms with Gasteiger partial charge in [-0.05, 0) is 24.6 Å². The Balaban J connectivity index is 1.74. The van der Waals surface area contributed by atoms with Crippen molar-refractivity contribution in [2.45, 2.75) is 19.9 Å². The van der Waals surface area contributed by atoms with E-state index in [9.17, 15) is 18.7 Å². The average Bonchev–Trinajstić information content (AvgIpc) is 2.83. The van der Waals surface area contributed by atoms with Crippen molar-refractivity contribution in [2.75, 3.05) is 57.4 Å². The zero-order valence-corrected chi connectivity index (χ0v) is 19.2. The molecule has 3 aromatic rings. The molecule has 1 saturated heterocycles. The second-order valence-electron chi connectivity index (χ2n) is 8.24. The minimum Gasteiger partial charge on any atom is -0.395 e. The molecule has 10 heteroatoms. The number of nitrogens with zero attached hydrogens (tertiary/aromatic N) is 5. The third kappa shape index (κ3) is 5.24. The van der Waals surface area contributed by atoms with Crippen LogP contribution in [0.25, 0.3) is 22.3 Å². The molecule has 4 rings (SSSR count). The second kappa shape index (κ2) is 11.0. The predicted molar refractivity (Wildman–Crippen MR) is 126 cm³/mol. The van der Waals surface area contributed by atoms with E-state index in [1.165, 1.54) is 18.3 Å². The summed E-state index contributed by atoms with van der Waals surface area (Å²) in [4.78, 5) is 26.6. The Kier molecular flexibility index (Phi) is 7.81. The van der Waals surface area contributed by atoms with Gasteiger partial charge in [0.2, 0.25) is 0 Å². The van der Waals surface area contributed by atoms with Crippen LogP contribution in [-0.4, -0.2) is 77.1 Å². The van der Waals surface area contributed by atoms with Crippen LogP contribution in [0.5, 0.6) is 0 Å². The third-order valence-corrected chi connectivity index (χ3v) is 5.92. The fraction of sp³-hybridized carbons (Fsp3) is 0.458. The van der Waals surface area contributed by atoms with Crippen molar-refractivity contribution in [2.24, 2.45) is 0 Å². The number of piperazine rings is 1. The Morgan fingerprint density at radius 3 is 2.59 bits per heavy atom. The van der Waals surface area contributed by atoms with Gasteiger partial charge in [0.1, 0.15) is 17.2 Å². The normalized spacial score (nSPS) is 14.8. The number of hydrogen-bond donors (Lipinski definition) is 1. The molecule has 0 spiro atoms. The van der Waals surface area contributed by atoms with E-state index in [2.05, 4.69) is 14.9 Å². The van der Waals surface area contributed by atoms with Crippen LogP contribution in [0.4, 0.5) is 14.6 Å². The monoisotopic (exact) mass is 473 g/mol. The molecule has 0 aliphatic carbocycles. The van der Waals surface area contributed by atoms with E-state index in [1.807, 2.05) is 11.8 Å². The van der Waals surface area contributed by atoms with Gasteiger partial charge in [0.25, 0.3) is 5.56 Å². The number of pyridine rings is 1. The summed E-state index contributed by atoms with van der Waals surface area (Å²) in [5.41, 5.74) is 1.21. The van der Waals surface area contributed by atoms with Crippen LogP contribution in [-0.2, 0) is 11.3 Å². The zero-order chi connectivity index (χ0) is 24.1. The number of fused-ring (bicyclic) bond motifs is 1. The number of benzene rings is 1. The fourth-order valence-corrected chi connectivity index (χ4v) is 4.13. The lowest BCUT2D eigenvalue weighted by Gasteiger charge is -2.34. The van der Waals surface area contributed by atoms with Crippen molar-refractivity contribution in [1.82, 2.24) is 19.4 Å². The van der Waals surface area contributed by atoms with Gasteiger partial charge in [0, 0.05) is 57.5 Å². The summed E-state index contributed by atoms with van der Waals surface area (Å²) in [5, 5.41) is 9.17. The SMILES string of the molecule is CCCOCCn1c(=O)c(N2CCN(CCO)CC2)nc2cnc(-c3ccc(F)cc3F)cc21.